The molecule has 1 aromatic carbocycles. The van der Waals surface area contributed by atoms with Gasteiger partial charge in [0, 0.05) is 38.1 Å². The molecule has 0 aliphatic heterocycles. The number of anilines is 1. The van der Waals surface area contributed by atoms with Crippen LogP contribution in [0.4, 0.5) is 5.69 Å². The van der Waals surface area contributed by atoms with Crippen molar-refractivity contribution in [2.45, 2.75) is 6.54 Å². The lowest BCUT2D eigenvalue weighted by Crippen LogP contribution is -2.36. The molecule has 0 saturated heterocycles. The summed E-state index contributed by atoms with van der Waals surface area (Å²) in [5, 5.41) is 4.13. The Morgan fingerprint density at radius 3 is 2.55 bits per heavy atom. The third kappa shape index (κ3) is 3.68. The van der Waals surface area contributed by atoms with E-state index < -0.39 is 0 Å². The van der Waals surface area contributed by atoms with Crippen molar-refractivity contribution in [2.24, 2.45) is 7.05 Å². The first-order valence-corrected chi connectivity index (χ1v) is 6.54. The fraction of sp³-hybridized carbons (Fsp3) is 0.333. The first-order valence-electron chi connectivity index (χ1n) is 6.54. The number of rotatable bonds is 5. The van der Waals surface area contributed by atoms with Gasteiger partial charge in [0.15, 0.2) is 0 Å². The number of likely N-dealkylation sites (N-methyl/N-ethyl adjacent to an activating group) is 2. The smallest absolute Gasteiger partial charge is 0.240 e. The van der Waals surface area contributed by atoms with Crippen molar-refractivity contribution in [3.05, 3.63) is 48.3 Å². The van der Waals surface area contributed by atoms with Crippen molar-refractivity contribution >= 4 is 11.6 Å². The van der Waals surface area contributed by atoms with Crippen molar-refractivity contribution in [1.29, 1.82) is 0 Å². The summed E-state index contributed by atoms with van der Waals surface area (Å²) >= 11 is 0. The number of hydrogen-bond donors (Lipinski definition) is 0. The number of aromatic nitrogens is 2. The summed E-state index contributed by atoms with van der Waals surface area (Å²) in [7, 11) is 5.62. The monoisotopic (exact) mass is 272 g/mol. The van der Waals surface area contributed by atoms with E-state index in [2.05, 4.69) is 5.10 Å². The Kier molecular flexibility index (Phi) is 4.53. The molecule has 106 valence electrons. The van der Waals surface area contributed by atoms with Crippen LogP contribution in [0.25, 0.3) is 0 Å². The minimum Gasteiger partial charge on any atom is -0.314 e. The minimum atomic E-state index is 0.0718. The molecule has 0 unspecified atom stereocenters. The van der Waals surface area contributed by atoms with E-state index in [0.29, 0.717) is 13.1 Å². The number of nitrogens with zero attached hydrogens (tertiary/aromatic N) is 4. The second kappa shape index (κ2) is 6.34. The number of aryl methyl sites for hydroxylation is 1. The van der Waals surface area contributed by atoms with E-state index in [4.69, 9.17) is 0 Å². The zero-order valence-electron chi connectivity index (χ0n) is 12.2. The van der Waals surface area contributed by atoms with Crippen LogP contribution in [0, 0.1) is 0 Å². The van der Waals surface area contributed by atoms with Crippen LogP contribution in [-0.2, 0) is 18.4 Å². The van der Waals surface area contributed by atoms with Crippen LogP contribution in [0.5, 0.6) is 0 Å². The summed E-state index contributed by atoms with van der Waals surface area (Å²) < 4.78 is 1.76. The van der Waals surface area contributed by atoms with Crippen LogP contribution in [0.1, 0.15) is 5.56 Å². The first-order chi connectivity index (χ1) is 9.56. The molecule has 5 nitrogen and oxygen atoms in total. The molecule has 2 aromatic rings. The molecule has 0 spiro atoms. The lowest BCUT2D eigenvalue weighted by molar-refractivity contribution is -0.119. The molecule has 1 aromatic heterocycles. The molecule has 0 bridgehead atoms. The van der Waals surface area contributed by atoms with E-state index in [1.165, 1.54) is 0 Å². The van der Waals surface area contributed by atoms with Crippen molar-refractivity contribution in [2.75, 3.05) is 25.5 Å². The van der Waals surface area contributed by atoms with Crippen molar-refractivity contribution in [1.82, 2.24) is 14.7 Å². The second-order valence-electron chi connectivity index (χ2n) is 4.98. The third-order valence-electron chi connectivity index (χ3n) is 3.13. The molecule has 0 N–H and O–H groups in total. The Bertz CT molecular complexity index is 564. The van der Waals surface area contributed by atoms with Crippen LogP contribution in [0.2, 0.25) is 0 Å². The maximum atomic E-state index is 12.2. The highest BCUT2D eigenvalue weighted by Crippen LogP contribution is 2.11. The van der Waals surface area contributed by atoms with E-state index in [0.717, 1.165) is 11.3 Å². The fourth-order valence-corrected chi connectivity index (χ4v) is 2.05. The van der Waals surface area contributed by atoms with Crippen LogP contribution >= 0.6 is 0 Å². The van der Waals surface area contributed by atoms with Crippen LogP contribution < -0.4 is 4.90 Å². The van der Waals surface area contributed by atoms with Crippen molar-refractivity contribution in [3.63, 3.8) is 0 Å². The molecule has 0 aliphatic carbocycles. The van der Waals surface area contributed by atoms with Crippen LogP contribution in [0.15, 0.2) is 42.7 Å². The van der Waals surface area contributed by atoms with E-state index in [1.807, 2.05) is 61.7 Å². The Morgan fingerprint density at radius 1 is 1.25 bits per heavy atom. The first kappa shape index (κ1) is 14.3. The highest BCUT2D eigenvalue weighted by atomic mass is 16.2. The Hall–Kier alpha value is -2.14. The number of hydrogen-bond acceptors (Lipinski definition) is 3. The molecule has 0 radical (unpaired) electrons. The summed E-state index contributed by atoms with van der Waals surface area (Å²) in [6.07, 6.45) is 3.78. The molecule has 0 atom stereocenters. The topological polar surface area (TPSA) is 41.4 Å². The number of para-hydroxylation sites is 1. The minimum absolute atomic E-state index is 0.0718. The predicted molar refractivity (Wildman–Crippen MR) is 79.4 cm³/mol. The maximum Gasteiger partial charge on any atom is 0.240 e. The molecular formula is C15H20N4O. The summed E-state index contributed by atoms with van der Waals surface area (Å²) in [6, 6.07) is 9.66. The van der Waals surface area contributed by atoms with Crippen LogP contribution in [0.3, 0.4) is 0 Å². The summed E-state index contributed by atoms with van der Waals surface area (Å²) in [4.78, 5) is 15.9. The van der Waals surface area contributed by atoms with E-state index >= 15 is 0 Å². The predicted octanol–water partition coefficient (Wildman–Crippen LogP) is 1.51. The molecule has 0 fully saturated rings. The molecule has 2 rings (SSSR count). The lowest BCUT2D eigenvalue weighted by Gasteiger charge is -2.21. The van der Waals surface area contributed by atoms with Crippen molar-refractivity contribution < 1.29 is 4.79 Å². The number of carbonyl (C=O) groups is 1. The highest BCUT2D eigenvalue weighted by molar-refractivity contribution is 5.94. The standard InChI is InChI=1S/C15H20N4O/c1-17(10-13-9-16-18(2)11-13)12-15(20)19(3)14-7-5-4-6-8-14/h4-9,11H,10,12H2,1-3H3. The van der Waals surface area contributed by atoms with Gasteiger partial charge in [-0.1, -0.05) is 18.2 Å². The van der Waals surface area contributed by atoms with Gasteiger partial charge in [-0.05, 0) is 19.2 Å². The van der Waals surface area contributed by atoms with Gasteiger partial charge in [0.25, 0.3) is 0 Å². The fourth-order valence-electron chi connectivity index (χ4n) is 2.05. The largest absolute Gasteiger partial charge is 0.314 e. The second-order valence-corrected chi connectivity index (χ2v) is 4.98. The van der Waals surface area contributed by atoms with Gasteiger partial charge in [-0.15, -0.1) is 0 Å². The quantitative estimate of drug-likeness (QED) is 0.828. The zero-order valence-corrected chi connectivity index (χ0v) is 12.2. The number of benzene rings is 1. The van der Waals surface area contributed by atoms with Gasteiger partial charge in [0.1, 0.15) is 0 Å². The van der Waals surface area contributed by atoms with Gasteiger partial charge < -0.3 is 4.90 Å². The summed E-state index contributed by atoms with van der Waals surface area (Å²) in [5.74, 6) is 0.0718. The van der Waals surface area contributed by atoms with E-state index in [9.17, 15) is 4.79 Å². The zero-order chi connectivity index (χ0) is 14.5. The molecule has 20 heavy (non-hydrogen) atoms. The summed E-state index contributed by atoms with van der Waals surface area (Å²) in [6.45, 7) is 1.09. The van der Waals surface area contributed by atoms with E-state index in [1.54, 1.807) is 16.6 Å². The van der Waals surface area contributed by atoms with Gasteiger partial charge in [-0.25, -0.2) is 0 Å². The molecule has 1 heterocycles. The highest BCUT2D eigenvalue weighted by Gasteiger charge is 2.13. The molecule has 1 amide bonds. The molecule has 0 saturated carbocycles. The van der Waals surface area contributed by atoms with Crippen LogP contribution in [-0.4, -0.2) is 41.2 Å². The van der Waals surface area contributed by atoms with Gasteiger partial charge in [0.2, 0.25) is 5.91 Å². The van der Waals surface area contributed by atoms with Gasteiger partial charge in [-0.3, -0.25) is 14.4 Å². The van der Waals surface area contributed by atoms with Gasteiger partial charge in [-0.2, -0.15) is 5.10 Å². The van der Waals surface area contributed by atoms with Gasteiger partial charge in [0.05, 0.1) is 12.7 Å². The van der Waals surface area contributed by atoms with E-state index in [-0.39, 0.29) is 5.91 Å². The number of carbonyl (C=O) groups excluding carboxylic acids is 1. The Balaban J connectivity index is 1.90. The maximum absolute atomic E-state index is 12.2. The van der Waals surface area contributed by atoms with Crippen molar-refractivity contribution in [3.8, 4) is 0 Å². The summed E-state index contributed by atoms with van der Waals surface area (Å²) in [5.41, 5.74) is 2.01. The Labute approximate surface area is 119 Å². The number of amides is 1. The average molecular weight is 272 g/mol. The third-order valence-corrected chi connectivity index (χ3v) is 3.13. The average Bonchev–Trinajstić information content (AvgIpc) is 2.84. The molecule has 5 heteroatoms. The van der Waals surface area contributed by atoms with Gasteiger partial charge >= 0.3 is 0 Å². The Morgan fingerprint density at radius 2 is 1.95 bits per heavy atom. The molecule has 0 aliphatic rings. The normalized spacial score (nSPS) is 10.8. The molecular weight excluding hydrogens is 252 g/mol. The SMILES string of the molecule is CN(CC(=O)N(C)c1ccccc1)Cc1cnn(C)c1. The lowest BCUT2D eigenvalue weighted by atomic mass is 10.3.